The molecule has 24 nitrogen and oxygen atoms in total. The SMILES string of the molecule is CC(=O)C(C)(N=O)C(=O)COCc1ccc(C)c(OCCCC(C)(C)C(=O)O)c1.Cc1ccc(COCC(=O)C(=O)C(C)(C)N=O)cc1OCCCC(C)(C)C(=O)O.Cc1ccc(OCC(=O)C(=O)C(C)(C)N=O)c(OCCCC(C)(C)C(=O)O)c1. The lowest BCUT2D eigenvalue weighted by Gasteiger charge is -2.19. The van der Waals surface area contributed by atoms with Crippen LogP contribution in [0.1, 0.15) is 149 Å². The van der Waals surface area contributed by atoms with Crippen molar-refractivity contribution >= 4 is 52.6 Å². The normalized spacial score (nSPS) is 12.3. The Morgan fingerprint density at radius 2 is 0.814 bits per heavy atom. The van der Waals surface area contributed by atoms with Gasteiger partial charge in [0.2, 0.25) is 28.7 Å². The van der Waals surface area contributed by atoms with Crippen LogP contribution in [0.5, 0.6) is 23.0 Å². The smallest absolute Gasteiger partial charge is 0.309 e. The highest BCUT2D eigenvalue weighted by Crippen LogP contribution is 2.31. The number of ketones is 6. The van der Waals surface area contributed by atoms with Crippen LogP contribution in [0.4, 0.5) is 0 Å². The highest BCUT2D eigenvalue weighted by Gasteiger charge is 2.40. The van der Waals surface area contributed by atoms with E-state index in [0.717, 1.165) is 34.7 Å². The Kier molecular flexibility index (Phi) is 30.3. The number of Topliss-reactive ketones (excluding diaryl/α,β-unsaturated/α-hetero) is 6. The molecule has 1 unspecified atom stereocenters. The number of carbonyl (C=O) groups is 9. The molecule has 0 saturated carbocycles. The van der Waals surface area contributed by atoms with E-state index < -0.39 is 105 Å². The van der Waals surface area contributed by atoms with Gasteiger partial charge in [-0.05, 0) is 200 Å². The summed E-state index contributed by atoms with van der Waals surface area (Å²) in [5.74, 6) is -5.38. The third-order valence-electron chi connectivity index (χ3n) is 13.8. The van der Waals surface area contributed by atoms with Crippen LogP contribution >= 0.6 is 0 Å². The number of carboxylic acids is 3. The second-order valence-electron chi connectivity index (χ2n) is 23.8. The van der Waals surface area contributed by atoms with Gasteiger partial charge in [0.05, 0.1) is 49.3 Å². The minimum absolute atomic E-state index is 0.0939. The number of ether oxygens (including phenoxy) is 6. The van der Waals surface area contributed by atoms with E-state index in [1.54, 1.807) is 71.9 Å². The lowest BCUT2D eigenvalue weighted by Crippen LogP contribution is -2.42. The molecule has 0 aliphatic heterocycles. The summed E-state index contributed by atoms with van der Waals surface area (Å²) in [4.78, 5) is 137. The molecule has 0 heterocycles. The molecule has 3 aromatic carbocycles. The lowest BCUT2D eigenvalue weighted by molar-refractivity contribution is -0.148. The molecular weight excluding hydrogens is 1120 g/mol. The van der Waals surface area contributed by atoms with E-state index >= 15 is 0 Å². The highest BCUT2D eigenvalue weighted by molar-refractivity contribution is 6.41. The molecule has 0 amide bonds. The first-order valence-corrected chi connectivity index (χ1v) is 27.6. The predicted molar refractivity (Wildman–Crippen MR) is 316 cm³/mol. The molecule has 0 radical (unpaired) electrons. The zero-order valence-electron chi connectivity index (χ0n) is 52.1. The van der Waals surface area contributed by atoms with Crippen LogP contribution in [0, 0.1) is 51.7 Å². The molecule has 3 N–H and O–H groups in total. The second-order valence-corrected chi connectivity index (χ2v) is 23.8. The summed E-state index contributed by atoms with van der Waals surface area (Å²) in [6.07, 6.45) is 3.12. The lowest BCUT2D eigenvalue weighted by atomic mass is 9.88. The number of rotatable bonds is 38. The van der Waals surface area contributed by atoms with E-state index in [2.05, 4.69) is 15.5 Å². The maximum atomic E-state index is 12.0. The molecular formula is C62H85N3O21. The summed E-state index contributed by atoms with van der Waals surface area (Å²) < 4.78 is 33.3. The van der Waals surface area contributed by atoms with Crippen molar-refractivity contribution in [3.8, 4) is 23.0 Å². The Labute approximate surface area is 501 Å². The van der Waals surface area contributed by atoms with Crippen LogP contribution in [0.15, 0.2) is 70.1 Å². The molecule has 0 aliphatic rings. The molecule has 0 aromatic heterocycles. The van der Waals surface area contributed by atoms with E-state index in [0.29, 0.717) is 69.0 Å². The van der Waals surface area contributed by atoms with Crippen LogP contribution in [0.3, 0.4) is 0 Å². The molecule has 0 fully saturated rings. The van der Waals surface area contributed by atoms with Gasteiger partial charge in [-0.15, -0.1) is 14.7 Å². The molecule has 0 spiro atoms. The molecule has 86 heavy (non-hydrogen) atoms. The fourth-order valence-corrected chi connectivity index (χ4v) is 7.05. The first kappa shape index (κ1) is 76.0. The molecule has 0 saturated heterocycles. The van der Waals surface area contributed by atoms with Gasteiger partial charge in [-0.1, -0.05) is 40.7 Å². The standard InChI is InChI=1S/2C21H29NO7.C20H27NO7/c1-14-7-8-15(12-28-13-16(23)18(24)21(4,5)22-27)11-17(14)29-10-6-9-20(2,3)19(25)26;1-14-7-8-16(12-28-13-18(24)21(5,22-27)15(2)23)11-17(14)29-10-6-9-20(3,4)19(25)26;1-13-7-8-15(28-12-14(22)17(23)20(4,5)21-26)16(11-13)27-10-6-9-19(2,3)18(24)25/h2*7-8,11H,6,9-10,12-13H2,1-5H3,(H,25,26);7-8,11H,6,9-10,12H2,1-5H3,(H,24,25). The molecule has 0 aliphatic carbocycles. The largest absolute Gasteiger partial charge is 0.493 e. The van der Waals surface area contributed by atoms with E-state index in [9.17, 15) is 57.9 Å². The number of nitroso groups, excluding NO2 is 3. The average Bonchev–Trinajstić information content (AvgIpc) is 3.47. The van der Waals surface area contributed by atoms with Crippen molar-refractivity contribution in [3.05, 3.63) is 97.1 Å². The Morgan fingerprint density at radius 3 is 1.17 bits per heavy atom. The first-order chi connectivity index (χ1) is 39.7. The number of carbonyl (C=O) groups excluding carboxylic acids is 6. The number of hydrogen-bond acceptors (Lipinski definition) is 21. The number of aliphatic carboxylic acids is 3. The van der Waals surface area contributed by atoms with Gasteiger partial charge in [-0.25, -0.2) is 0 Å². The van der Waals surface area contributed by atoms with Crippen molar-refractivity contribution in [2.75, 3.05) is 39.6 Å². The van der Waals surface area contributed by atoms with Gasteiger partial charge in [0.25, 0.3) is 0 Å². The number of nitrogens with zero attached hydrogens (tertiary/aromatic N) is 3. The van der Waals surface area contributed by atoms with Crippen molar-refractivity contribution in [2.24, 2.45) is 31.8 Å². The molecule has 1 atom stereocenters. The quantitative estimate of drug-likeness (QED) is 0.0208. The summed E-state index contributed by atoms with van der Waals surface area (Å²) >= 11 is 0. The van der Waals surface area contributed by atoms with Gasteiger partial charge in [0.1, 0.15) is 24.7 Å². The van der Waals surface area contributed by atoms with E-state index in [-0.39, 0.29) is 25.6 Å². The number of hydrogen-bond donors (Lipinski definition) is 3. The number of aryl methyl sites for hydroxylation is 3. The van der Waals surface area contributed by atoms with Gasteiger partial charge in [0, 0.05) is 0 Å². The maximum Gasteiger partial charge on any atom is 0.309 e. The average molecular weight is 1210 g/mol. The van der Waals surface area contributed by atoms with Gasteiger partial charge in [-0.2, -0.15) is 0 Å². The molecule has 3 aromatic rings. The fourth-order valence-electron chi connectivity index (χ4n) is 7.05. The topological polar surface area (TPSA) is 358 Å². The molecule has 3 rings (SSSR count). The number of benzene rings is 3. The fraction of sp³-hybridized carbons (Fsp3) is 0.565. The van der Waals surface area contributed by atoms with Crippen molar-refractivity contribution < 1.29 is 86.9 Å². The van der Waals surface area contributed by atoms with Crippen LogP contribution in [0.2, 0.25) is 0 Å². The Hall–Kier alpha value is -7.99. The monoisotopic (exact) mass is 1210 g/mol. The third kappa shape index (κ3) is 24.9. The minimum Gasteiger partial charge on any atom is -0.493 e. The Balaban J connectivity index is 0.000000645. The van der Waals surface area contributed by atoms with Crippen molar-refractivity contribution in [1.29, 1.82) is 0 Å². The van der Waals surface area contributed by atoms with Crippen LogP contribution in [-0.2, 0) is 65.8 Å². The van der Waals surface area contributed by atoms with Crippen molar-refractivity contribution in [1.82, 2.24) is 0 Å². The van der Waals surface area contributed by atoms with Crippen molar-refractivity contribution in [2.45, 2.75) is 172 Å². The highest BCUT2D eigenvalue weighted by atomic mass is 16.5. The summed E-state index contributed by atoms with van der Waals surface area (Å²) in [6, 6.07) is 16.0. The Morgan fingerprint density at radius 1 is 0.442 bits per heavy atom. The van der Waals surface area contributed by atoms with E-state index in [4.69, 9.17) is 43.7 Å². The third-order valence-corrected chi connectivity index (χ3v) is 13.8. The van der Waals surface area contributed by atoms with E-state index in [1.165, 1.54) is 34.6 Å². The maximum absolute atomic E-state index is 12.0. The first-order valence-electron chi connectivity index (χ1n) is 27.6. The molecule has 24 heteroatoms. The summed E-state index contributed by atoms with van der Waals surface area (Å²) in [7, 11) is 0. The predicted octanol–water partition coefficient (Wildman–Crippen LogP) is 10.3. The van der Waals surface area contributed by atoms with Gasteiger partial charge in [0.15, 0.2) is 40.8 Å². The van der Waals surface area contributed by atoms with Gasteiger partial charge >= 0.3 is 17.9 Å². The second kappa shape index (κ2) is 34.2. The van der Waals surface area contributed by atoms with Crippen LogP contribution in [0.25, 0.3) is 0 Å². The van der Waals surface area contributed by atoms with Crippen LogP contribution in [-0.4, -0.2) is 124 Å². The minimum atomic E-state index is -1.93. The van der Waals surface area contributed by atoms with Crippen LogP contribution < -0.4 is 18.9 Å². The van der Waals surface area contributed by atoms with Gasteiger partial charge < -0.3 is 43.7 Å². The molecule has 474 valence electrons. The van der Waals surface area contributed by atoms with Crippen molar-refractivity contribution in [3.63, 3.8) is 0 Å². The zero-order chi connectivity index (χ0) is 66.0. The van der Waals surface area contributed by atoms with Gasteiger partial charge in [-0.3, -0.25) is 43.2 Å². The summed E-state index contributed by atoms with van der Waals surface area (Å²) in [5, 5.41) is 35.4. The molecule has 0 bridgehead atoms. The zero-order valence-corrected chi connectivity index (χ0v) is 52.1. The van der Waals surface area contributed by atoms with E-state index in [1.807, 2.05) is 45.0 Å². The number of carboxylic acid groups (broad SMARTS) is 3. The summed E-state index contributed by atoms with van der Waals surface area (Å²) in [6.45, 7) is 22.9. The Bertz CT molecular complexity index is 2910. The summed E-state index contributed by atoms with van der Waals surface area (Å²) in [5.41, 5.74) is -3.36.